The highest BCUT2D eigenvalue weighted by atomic mass is 16.5. The number of piperidine rings is 1. The lowest BCUT2D eigenvalue weighted by molar-refractivity contribution is -0.126. The molecule has 1 aromatic carbocycles. The number of nitrogens with one attached hydrogen (secondary N) is 2. The van der Waals surface area contributed by atoms with Gasteiger partial charge in [0.05, 0.1) is 13.2 Å². The van der Waals surface area contributed by atoms with Gasteiger partial charge in [-0.2, -0.15) is 0 Å². The summed E-state index contributed by atoms with van der Waals surface area (Å²) in [6, 6.07) is 8.17. The van der Waals surface area contributed by atoms with E-state index in [4.69, 9.17) is 9.84 Å². The number of carbonyl (C=O) groups excluding carboxylic acids is 1. The van der Waals surface area contributed by atoms with Crippen LogP contribution in [0.2, 0.25) is 0 Å². The molecule has 1 fully saturated rings. The molecular formula is C22H32N2O3. The van der Waals surface area contributed by atoms with Gasteiger partial charge in [0.25, 0.3) is 0 Å². The van der Waals surface area contributed by atoms with Crippen molar-refractivity contribution in [2.45, 2.75) is 45.1 Å². The second-order valence-corrected chi connectivity index (χ2v) is 7.82. The first-order valence-corrected chi connectivity index (χ1v) is 10.2. The van der Waals surface area contributed by atoms with E-state index < -0.39 is 0 Å². The van der Waals surface area contributed by atoms with Crippen molar-refractivity contribution in [3.8, 4) is 5.75 Å². The van der Waals surface area contributed by atoms with Crippen molar-refractivity contribution < 1.29 is 14.6 Å². The second-order valence-electron chi connectivity index (χ2n) is 7.82. The Bertz CT molecular complexity index is 635. The quantitative estimate of drug-likeness (QED) is 0.688. The topological polar surface area (TPSA) is 70.6 Å². The molecule has 1 aromatic rings. The Morgan fingerprint density at radius 3 is 2.63 bits per heavy atom. The standard InChI is InChI=1S/C22H32N2O3/c1-16(14-25)24-22(26)20-4-2-18(3-5-20)19-6-8-21(9-7-19)27-15-17-10-12-23-13-11-17/h2,6-9,16-17,20,23,25H,3-5,10-15H2,1H3,(H,24,26). The zero-order chi connectivity index (χ0) is 19.1. The molecule has 3 rings (SSSR count). The average molecular weight is 373 g/mol. The van der Waals surface area contributed by atoms with E-state index in [9.17, 15) is 4.79 Å². The lowest BCUT2D eigenvalue weighted by Gasteiger charge is -2.23. The van der Waals surface area contributed by atoms with Gasteiger partial charge in [-0.05, 0) is 81.3 Å². The summed E-state index contributed by atoms with van der Waals surface area (Å²) in [6.07, 6.45) is 7.08. The summed E-state index contributed by atoms with van der Waals surface area (Å²) < 4.78 is 5.96. The van der Waals surface area contributed by atoms with E-state index in [1.54, 1.807) is 0 Å². The summed E-state index contributed by atoms with van der Waals surface area (Å²) in [5.74, 6) is 1.65. The van der Waals surface area contributed by atoms with Gasteiger partial charge < -0.3 is 20.5 Å². The maximum atomic E-state index is 12.2. The molecule has 1 aliphatic carbocycles. The van der Waals surface area contributed by atoms with E-state index >= 15 is 0 Å². The molecule has 2 atom stereocenters. The Morgan fingerprint density at radius 2 is 2.00 bits per heavy atom. The van der Waals surface area contributed by atoms with Crippen LogP contribution in [-0.2, 0) is 4.79 Å². The molecule has 5 heteroatoms. The van der Waals surface area contributed by atoms with Gasteiger partial charge in [0, 0.05) is 12.0 Å². The van der Waals surface area contributed by atoms with Crippen LogP contribution in [0.4, 0.5) is 0 Å². The van der Waals surface area contributed by atoms with E-state index in [0.717, 1.165) is 44.7 Å². The zero-order valence-corrected chi connectivity index (χ0v) is 16.2. The third-order valence-electron chi connectivity index (χ3n) is 5.61. The Labute approximate surface area is 162 Å². The Hall–Kier alpha value is -1.85. The predicted molar refractivity (Wildman–Crippen MR) is 108 cm³/mol. The number of benzene rings is 1. The molecule has 5 nitrogen and oxygen atoms in total. The molecular weight excluding hydrogens is 340 g/mol. The minimum absolute atomic E-state index is 0.00957. The highest BCUT2D eigenvalue weighted by molar-refractivity contribution is 5.80. The Morgan fingerprint density at radius 1 is 1.26 bits per heavy atom. The molecule has 2 unspecified atom stereocenters. The number of carbonyl (C=O) groups is 1. The number of allylic oxidation sites excluding steroid dienone is 2. The lowest BCUT2D eigenvalue weighted by Crippen LogP contribution is -2.39. The Balaban J connectivity index is 1.49. The lowest BCUT2D eigenvalue weighted by atomic mass is 9.86. The number of aliphatic hydroxyl groups excluding tert-OH is 1. The van der Waals surface area contributed by atoms with E-state index in [0.29, 0.717) is 5.92 Å². The molecule has 1 saturated heterocycles. The molecule has 1 heterocycles. The summed E-state index contributed by atoms with van der Waals surface area (Å²) in [7, 11) is 0. The van der Waals surface area contributed by atoms with Crippen molar-refractivity contribution in [2.75, 3.05) is 26.3 Å². The first kappa shape index (κ1) is 19.9. The number of hydrogen-bond acceptors (Lipinski definition) is 4. The van der Waals surface area contributed by atoms with Crippen LogP contribution in [0.5, 0.6) is 5.75 Å². The Kier molecular flexibility index (Phi) is 7.30. The van der Waals surface area contributed by atoms with Crippen molar-refractivity contribution >= 4 is 11.5 Å². The van der Waals surface area contributed by atoms with Crippen molar-refractivity contribution in [3.05, 3.63) is 35.9 Å². The van der Waals surface area contributed by atoms with Crippen LogP contribution in [0.15, 0.2) is 30.3 Å². The predicted octanol–water partition coefficient (Wildman–Crippen LogP) is 2.75. The molecule has 3 N–H and O–H groups in total. The molecule has 27 heavy (non-hydrogen) atoms. The van der Waals surface area contributed by atoms with E-state index in [-0.39, 0.29) is 24.5 Å². The molecule has 2 aliphatic rings. The van der Waals surface area contributed by atoms with Crippen molar-refractivity contribution in [1.82, 2.24) is 10.6 Å². The smallest absolute Gasteiger partial charge is 0.223 e. The fourth-order valence-corrected chi connectivity index (χ4v) is 3.77. The average Bonchev–Trinajstić information content (AvgIpc) is 2.73. The summed E-state index contributed by atoms with van der Waals surface area (Å²) in [5, 5.41) is 15.3. The molecule has 0 saturated carbocycles. The number of ether oxygens (including phenoxy) is 1. The van der Waals surface area contributed by atoms with Gasteiger partial charge in [0.15, 0.2) is 0 Å². The van der Waals surface area contributed by atoms with Crippen LogP contribution >= 0.6 is 0 Å². The highest BCUT2D eigenvalue weighted by Crippen LogP contribution is 2.31. The zero-order valence-electron chi connectivity index (χ0n) is 16.2. The molecule has 0 aromatic heterocycles. The maximum absolute atomic E-state index is 12.2. The molecule has 0 bridgehead atoms. The monoisotopic (exact) mass is 372 g/mol. The van der Waals surface area contributed by atoms with Crippen LogP contribution in [0.25, 0.3) is 5.57 Å². The highest BCUT2D eigenvalue weighted by Gasteiger charge is 2.23. The number of amides is 1. The van der Waals surface area contributed by atoms with Crippen LogP contribution in [-0.4, -0.2) is 43.4 Å². The van der Waals surface area contributed by atoms with Crippen molar-refractivity contribution in [1.29, 1.82) is 0 Å². The molecule has 0 spiro atoms. The fourth-order valence-electron chi connectivity index (χ4n) is 3.77. The van der Waals surface area contributed by atoms with Gasteiger partial charge in [-0.1, -0.05) is 18.2 Å². The molecule has 1 amide bonds. The van der Waals surface area contributed by atoms with E-state index in [1.165, 1.54) is 24.0 Å². The number of rotatable bonds is 7. The van der Waals surface area contributed by atoms with Crippen molar-refractivity contribution in [3.63, 3.8) is 0 Å². The molecule has 1 aliphatic heterocycles. The minimum Gasteiger partial charge on any atom is -0.493 e. The van der Waals surface area contributed by atoms with Gasteiger partial charge >= 0.3 is 0 Å². The maximum Gasteiger partial charge on any atom is 0.223 e. The van der Waals surface area contributed by atoms with E-state index in [2.05, 4.69) is 41.0 Å². The van der Waals surface area contributed by atoms with Crippen molar-refractivity contribution in [2.24, 2.45) is 11.8 Å². The van der Waals surface area contributed by atoms with Gasteiger partial charge in [-0.15, -0.1) is 0 Å². The summed E-state index contributed by atoms with van der Waals surface area (Å²) in [6.45, 7) is 4.78. The second kappa shape index (κ2) is 9.90. The largest absolute Gasteiger partial charge is 0.493 e. The first-order chi connectivity index (χ1) is 13.2. The fraction of sp³-hybridized carbons (Fsp3) is 0.591. The third-order valence-corrected chi connectivity index (χ3v) is 5.61. The summed E-state index contributed by atoms with van der Waals surface area (Å²) in [4.78, 5) is 12.2. The molecule has 0 radical (unpaired) electrons. The van der Waals surface area contributed by atoms with Crippen LogP contribution in [0.3, 0.4) is 0 Å². The number of aliphatic hydroxyl groups is 1. The number of hydrogen-bond donors (Lipinski definition) is 3. The van der Waals surface area contributed by atoms with Gasteiger partial charge in [-0.3, -0.25) is 4.79 Å². The summed E-state index contributed by atoms with van der Waals surface area (Å²) in [5.41, 5.74) is 2.52. The van der Waals surface area contributed by atoms with Crippen LogP contribution in [0.1, 0.15) is 44.6 Å². The molecule has 148 valence electrons. The van der Waals surface area contributed by atoms with Gasteiger partial charge in [0.1, 0.15) is 5.75 Å². The SMILES string of the molecule is CC(CO)NC(=O)C1CC=C(c2ccc(OCC3CCNCC3)cc2)CC1. The normalized spacial score (nSPS) is 22.0. The van der Waals surface area contributed by atoms with Gasteiger partial charge in [-0.25, -0.2) is 0 Å². The first-order valence-electron chi connectivity index (χ1n) is 10.2. The van der Waals surface area contributed by atoms with E-state index in [1.807, 2.05) is 6.92 Å². The minimum atomic E-state index is -0.180. The van der Waals surface area contributed by atoms with Crippen LogP contribution in [0, 0.1) is 11.8 Å². The summed E-state index contributed by atoms with van der Waals surface area (Å²) >= 11 is 0. The van der Waals surface area contributed by atoms with Gasteiger partial charge in [0.2, 0.25) is 5.91 Å². The van der Waals surface area contributed by atoms with Crippen LogP contribution < -0.4 is 15.4 Å². The third kappa shape index (κ3) is 5.81.